The maximum Gasteiger partial charge on any atom is 0.261 e. The summed E-state index contributed by atoms with van der Waals surface area (Å²) >= 11 is 1.37. The number of nitrogens with one attached hydrogen (secondary N) is 1. The molecule has 0 saturated carbocycles. The second kappa shape index (κ2) is 7.95. The summed E-state index contributed by atoms with van der Waals surface area (Å²) in [5.41, 5.74) is 0. The van der Waals surface area contributed by atoms with Crippen molar-refractivity contribution in [3.63, 3.8) is 0 Å². The van der Waals surface area contributed by atoms with Crippen molar-refractivity contribution in [2.45, 2.75) is 19.4 Å². The minimum absolute atomic E-state index is 0.0612. The molecule has 0 fully saturated rings. The Bertz CT molecular complexity index is 471. The monoisotopic (exact) mass is 280 g/mol. The summed E-state index contributed by atoms with van der Waals surface area (Å²) in [6.07, 6.45) is 0.458. The molecule has 5 heteroatoms. The fourth-order valence-corrected chi connectivity index (χ4v) is 2.04. The Balaban J connectivity index is 2.52. The lowest BCUT2D eigenvalue weighted by Gasteiger charge is -2.19. The van der Waals surface area contributed by atoms with Gasteiger partial charge in [-0.1, -0.05) is 11.8 Å². The van der Waals surface area contributed by atoms with Crippen molar-refractivity contribution in [1.29, 1.82) is 0 Å². The molecule has 0 saturated heterocycles. The van der Waals surface area contributed by atoms with Gasteiger partial charge >= 0.3 is 0 Å². The highest BCUT2D eigenvalue weighted by Gasteiger charge is 2.10. The van der Waals surface area contributed by atoms with E-state index in [1.165, 1.54) is 11.3 Å². The summed E-state index contributed by atoms with van der Waals surface area (Å²) < 4.78 is 0. The summed E-state index contributed by atoms with van der Waals surface area (Å²) in [4.78, 5) is 15.5. The van der Waals surface area contributed by atoms with Gasteiger partial charge in [0.1, 0.15) is 0 Å². The van der Waals surface area contributed by atoms with Crippen LogP contribution in [0.2, 0.25) is 0 Å². The lowest BCUT2D eigenvalue weighted by Crippen LogP contribution is -2.37. The van der Waals surface area contributed by atoms with E-state index in [-0.39, 0.29) is 12.5 Å². The van der Waals surface area contributed by atoms with Gasteiger partial charge in [0.2, 0.25) is 0 Å². The number of likely N-dealkylation sites (N-methyl/N-ethyl adjacent to an activating group) is 1. The summed E-state index contributed by atoms with van der Waals surface area (Å²) in [7, 11) is 3.97. The molecule has 1 rings (SSSR count). The van der Waals surface area contributed by atoms with Gasteiger partial charge in [0.25, 0.3) is 5.91 Å². The van der Waals surface area contributed by atoms with Gasteiger partial charge in [-0.3, -0.25) is 4.79 Å². The van der Waals surface area contributed by atoms with Crippen LogP contribution in [0.25, 0.3) is 0 Å². The SMILES string of the molecule is CC(CNC(=O)c1ccc(C#CCCO)s1)N(C)C. The van der Waals surface area contributed by atoms with E-state index in [9.17, 15) is 4.79 Å². The van der Waals surface area contributed by atoms with Gasteiger partial charge in [-0.25, -0.2) is 0 Å². The van der Waals surface area contributed by atoms with E-state index in [1.54, 1.807) is 6.07 Å². The van der Waals surface area contributed by atoms with Crippen molar-refractivity contribution >= 4 is 17.2 Å². The Morgan fingerprint density at radius 2 is 2.26 bits per heavy atom. The van der Waals surface area contributed by atoms with E-state index in [1.807, 2.05) is 20.2 Å². The van der Waals surface area contributed by atoms with Crippen LogP contribution in [0.15, 0.2) is 12.1 Å². The molecule has 0 aliphatic heterocycles. The first kappa shape index (κ1) is 15.7. The highest BCUT2D eigenvalue weighted by Crippen LogP contribution is 2.15. The van der Waals surface area contributed by atoms with Crippen LogP contribution in [0.4, 0.5) is 0 Å². The summed E-state index contributed by atoms with van der Waals surface area (Å²) in [5.74, 6) is 5.70. The fraction of sp³-hybridized carbons (Fsp3) is 0.500. The molecule has 1 amide bonds. The molecule has 0 bridgehead atoms. The quantitative estimate of drug-likeness (QED) is 0.796. The van der Waals surface area contributed by atoms with Crippen molar-refractivity contribution in [3.8, 4) is 11.8 Å². The molecule has 1 atom stereocenters. The molecule has 2 N–H and O–H groups in total. The van der Waals surface area contributed by atoms with E-state index < -0.39 is 0 Å². The van der Waals surface area contributed by atoms with E-state index in [2.05, 4.69) is 29.0 Å². The lowest BCUT2D eigenvalue weighted by molar-refractivity contribution is 0.0947. The molecule has 0 radical (unpaired) electrons. The van der Waals surface area contributed by atoms with Crippen molar-refractivity contribution in [2.75, 3.05) is 27.2 Å². The van der Waals surface area contributed by atoms with Gasteiger partial charge in [-0.15, -0.1) is 11.3 Å². The van der Waals surface area contributed by atoms with Crippen LogP contribution < -0.4 is 5.32 Å². The highest BCUT2D eigenvalue weighted by atomic mass is 32.1. The van der Waals surface area contributed by atoms with Crippen molar-refractivity contribution in [2.24, 2.45) is 0 Å². The number of amides is 1. The summed E-state index contributed by atoms with van der Waals surface area (Å²) in [6.45, 7) is 2.74. The first-order valence-electron chi connectivity index (χ1n) is 6.18. The maximum absolute atomic E-state index is 11.9. The number of carbonyl (C=O) groups is 1. The van der Waals surface area contributed by atoms with Crippen molar-refractivity contribution in [1.82, 2.24) is 10.2 Å². The van der Waals surface area contributed by atoms with Crippen LogP contribution >= 0.6 is 11.3 Å². The van der Waals surface area contributed by atoms with Gasteiger partial charge in [0.15, 0.2) is 0 Å². The molecule has 0 spiro atoms. The van der Waals surface area contributed by atoms with Crippen molar-refractivity contribution in [3.05, 3.63) is 21.9 Å². The lowest BCUT2D eigenvalue weighted by atomic mass is 10.3. The third-order valence-electron chi connectivity index (χ3n) is 2.72. The van der Waals surface area contributed by atoms with Crippen LogP contribution in [-0.2, 0) is 0 Å². The Hall–Kier alpha value is -1.35. The Morgan fingerprint density at radius 3 is 2.89 bits per heavy atom. The van der Waals surface area contributed by atoms with Crippen LogP contribution in [0.5, 0.6) is 0 Å². The van der Waals surface area contributed by atoms with Crippen LogP contribution in [-0.4, -0.2) is 49.2 Å². The van der Waals surface area contributed by atoms with E-state index in [0.29, 0.717) is 23.9 Å². The molecular weight excluding hydrogens is 260 g/mol. The smallest absolute Gasteiger partial charge is 0.261 e. The number of carbonyl (C=O) groups excluding carboxylic acids is 1. The van der Waals surface area contributed by atoms with Crippen molar-refractivity contribution < 1.29 is 9.90 Å². The molecule has 0 aromatic carbocycles. The van der Waals surface area contributed by atoms with Gasteiger partial charge in [0, 0.05) is 19.0 Å². The average molecular weight is 280 g/mol. The molecule has 1 unspecified atom stereocenters. The van der Waals surface area contributed by atoms with Gasteiger partial charge in [0.05, 0.1) is 16.4 Å². The second-order valence-electron chi connectivity index (χ2n) is 4.46. The van der Waals surface area contributed by atoms with Gasteiger partial charge in [-0.05, 0) is 33.2 Å². The minimum atomic E-state index is -0.0612. The van der Waals surface area contributed by atoms with E-state index >= 15 is 0 Å². The molecule has 4 nitrogen and oxygen atoms in total. The molecule has 0 aliphatic carbocycles. The third kappa shape index (κ3) is 5.43. The molecule has 104 valence electrons. The van der Waals surface area contributed by atoms with Crippen LogP contribution in [0.1, 0.15) is 27.9 Å². The number of hydrogen-bond donors (Lipinski definition) is 2. The van der Waals surface area contributed by atoms with Crippen LogP contribution in [0, 0.1) is 11.8 Å². The minimum Gasteiger partial charge on any atom is -0.395 e. The maximum atomic E-state index is 11.9. The number of hydrogen-bond acceptors (Lipinski definition) is 4. The Morgan fingerprint density at radius 1 is 1.53 bits per heavy atom. The Labute approximate surface area is 118 Å². The number of nitrogens with zero attached hydrogens (tertiary/aromatic N) is 1. The largest absolute Gasteiger partial charge is 0.395 e. The highest BCUT2D eigenvalue weighted by molar-refractivity contribution is 7.14. The zero-order valence-electron chi connectivity index (χ0n) is 11.6. The molecule has 0 aliphatic rings. The van der Waals surface area contributed by atoms with Gasteiger partial charge < -0.3 is 15.3 Å². The normalized spacial score (nSPS) is 11.8. The molecular formula is C14H20N2O2S. The van der Waals surface area contributed by atoms with Gasteiger partial charge in [-0.2, -0.15) is 0 Å². The summed E-state index contributed by atoms with van der Waals surface area (Å²) in [6, 6.07) is 3.91. The molecule has 1 aromatic rings. The predicted octanol–water partition coefficient (Wildman–Crippen LogP) is 1.16. The van der Waals surface area contributed by atoms with Crippen LogP contribution in [0.3, 0.4) is 0 Å². The topological polar surface area (TPSA) is 52.6 Å². The second-order valence-corrected chi connectivity index (χ2v) is 5.55. The molecule has 19 heavy (non-hydrogen) atoms. The zero-order valence-corrected chi connectivity index (χ0v) is 12.4. The van der Waals surface area contributed by atoms with E-state index in [0.717, 1.165) is 4.88 Å². The Kier molecular flexibility index (Phi) is 6.57. The molecule has 1 heterocycles. The van der Waals surface area contributed by atoms with E-state index in [4.69, 9.17) is 5.11 Å². The molecule has 1 aromatic heterocycles. The zero-order chi connectivity index (χ0) is 14.3. The fourth-order valence-electron chi connectivity index (χ4n) is 1.24. The third-order valence-corrected chi connectivity index (χ3v) is 3.72. The standard InChI is InChI=1S/C14H20N2O2S/c1-11(16(2)3)10-15-14(18)13-8-7-12(19-13)6-4-5-9-17/h7-8,11,17H,5,9-10H2,1-3H3,(H,15,18). The predicted molar refractivity (Wildman–Crippen MR) is 78.4 cm³/mol. The number of rotatable bonds is 5. The average Bonchev–Trinajstić information content (AvgIpc) is 2.84. The first-order valence-corrected chi connectivity index (χ1v) is 7.00. The number of thiophene rings is 1. The number of aliphatic hydroxyl groups is 1. The first-order chi connectivity index (χ1) is 9.04. The summed E-state index contributed by atoms with van der Waals surface area (Å²) in [5, 5.41) is 11.5. The number of aliphatic hydroxyl groups excluding tert-OH is 1.